The summed E-state index contributed by atoms with van der Waals surface area (Å²) < 4.78 is 5.26. The molecule has 120 valence electrons. The highest BCUT2D eigenvalue weighted by atomic mass is 16.5. The number of amides is 1. The Morgan fingerprint density at radius 2 is 2.09 bits per heavy atom. The van der Waals surface area contributed by atoms with E-state index in [4.69, 9.17) is 4.74 Å². The molecule has 6 heteroatoms. The van der Waals surface area contributed by atoms with Crippen molar-refractivity contribution in [1.82, 2.24) is 15.3 Å². The van der Waals surface area contributed by atoms with Crippen LogP contribution < -0.4 is 10.2 Å². The zero-order valence-electron chi connectivity index (χ0n) is 13.1. The monoisotopic (exact) mass is 304 g/mol. The van der Waals surface area contributed by atoms with Crippen LogP contribution in [-0.2, 0) is 9.53 Å². The minimum atomic E-state index is 0.0577. The number of piperidine rings is 1. The van der Waals surface area contributed by atoms with E-state index in [1.54, 1.807) is 12.4 Å². The summed E-state index contributed by atoms with van der Waals surface area (Å²) in [5.74, 6) is 1.76. The van der Waals surface area contributed by atoms with E-state index < -0.39 is 0 Å². The van der Waals surface area contributed by atoms with Gasteiger partial charge in [-0.1, -0.05) is 0 Å². The summed E-state index contributed by atoms with van der Waals surface area (Å²) in [5, 5.41) is 3.09. The molecule has 2 fully saturated rings. The molecule has 2 aliphatic rings. The first-order valence-electron chi connectivity index (χ1n) is 8.12. The standard InChI is InChI=1S/C16H24N4O2/c1-12-15(18-6-5-17-12)20-7-2-13(3-8-20)10-19-16(21)14-4-9-22-11-14/h5-6,13-14H,2-4,7-11H2,1H3,(H,19,21). The predicted molar refractivity (Wildman–Crippen MR) is 83.6 cm³/mol. The lowest BCUT2D eigenvalue weighted by atomic mass is 9.96. The van der Waals surface area contributed by atoms with Crippen LogP contribution in [0.25, 0.3) is 0 Å². The van der Waals surface area contributed by atoms with Gasteiger partial charge in [-0.2, -0.15) is 0 Å². The van der Waals surface area contributed by atoms with Crippen LogP contribution in [0, 0.1) is 18.8 Å². The van der Waals surface area contributed by atoms with Gasteiger partial charge in [0.2, 0.25) is 5.91 Å². The van der Waals surface area contributed by atoms with Gasteiger partial charge in [0.25, 0.3) is 0 Å². The van der Waals surface area contributed by atoms with Gasteiger partial charge in [0.1, 0.15) is 5.82 Å². The molecule has 1 unspecified atom stereocenters. The highest BCUT2D eigenvalue weighted by molar-refractivity contribution is 5.78. The van der Waals surface area contributed by atoms with Crippen LogP contribution in [0.3, 0.4) is 0 Å². The number of rotatable bonds is 4. The molecule has 0 saturated carbocycles. The van der Waals surface area contributed by atoms with Crippen LogP contribution in [0.1, 0.15) is 25.0 Å². The maximum atomic E-state index is 12.0. The predicted octanol–water partition coefficient (Wildman–Crippen LogP) is 1.15. The quantitative estimate of drug-likeness (QED) is 0.904. The highest BCUT2D eigenvalue weighted by Gasteiger charge is 2.25. The number of hydrogen-bond donors (Lipinski definition) is 1. The Morgan fingerprint density at radius 1 is 1.32 bits per heavy atom. The summed E-state index contributed by atoms with van der Waals surface area (Å²) in [6, 6.07) is 0. The Hall–Kier alpha value is -1.69. The van der Waals surface area contributed by atoms with Crippen molar-refractivity contribution in [2.75, 3.05) is 37.7 Å². The van der Waals surface area contributed by atoms with E-state index >= 15 is 0 Å². The molecule has 1 aromatic rings. The fourth-order valence-corrected chi connectivity index (χ4v) is 3.19. The topological polar surface area (TPSA) is 67.4 Å². The van der Waals surface area contributed by atoms with E-state index in [2.05, 4.69) is 20.2 Å². The lowest BCUT2D eigenvalue weighted by molar-refractivity contribution is -0.125. The summed E-state index contributed by atoms with van der Waals surface area (Å²) >= 11 is 0. The van der Waals surface area contributed by atoms with Crippen molar-refractivity contribution < 1.29 is 9.53 Å². The van der Waals surface area contributed by atoms with Crippen molar-refractivity contribution in [1.29, 1.82) is 0 Å². The molecule has 2 aliphatic heterocycles. The van der Waals surface area contributed by atoms with E-state index in [-0.39, 0.29) is 11.8 Å². The van der Waals surface area contributed by atoms with E-state index in [0.717, 1.165) is 50.4 Å². The fourth-order valence-electron chi connectivity index (χ4n) is 3.19. The molecule has 0 aliphatic carbocycles. The van der Waals surface area contributed by atoms with Crippen LogP contribution in [0.4, 0.5) is 5.82 Å². The Labute approximate surface area is 131 Å². The molecule has 0 radical (unpaired) electrons. The number of carbonyl (C=O) groups excluding carboxylic acids is 1. The molecule has 22 heavy (non-hydrogen) atoms. The fraction of sp³-hybridized carbons (Fsp3) is 0.688. The third-order valence-corrected chi connectivity index (χ3v) is 4.63. The first-order valence-corrected chi connectivity index (χ1v) is 8.12. The Balaban J connectivity index is 1.44. The van der Waals surface area contributed by atoms with E-state index in [0.29, 0.717) is 19.1 Å². The lowest BCUT2D eigenvalue weighted by Gasteiger charge is -2.33. The number of anilines is 1. The average molecular weight is 304 g/mol. The third-order valence-electron chi connectivity index (χ3n) is 4.63. The van der Waals surface area contributed by atoms with Crippen molar-refractivity contribution in [2.24, 2.45) is 11.8 Å². The average Bonchev–Trinajstić information content (AvgIpc) is 3.08. The number of aryl methyl sites for hydroxylation is 1. The first-order chi connectivity index (χ1) is 10.7. The lowest BCUT2D eigenvalue weighted by Crippen LogP contribution is -2.40. The number of ether oxygens (including phenoxy) is 1. The SMILES string of the molecule is Cc1nccnc1N1CCC(CNC(=O)C2CCOC2)CC1. The molecule has 2 saturated heterocycles. The Kier molecular flexibility index (Phi) is 4.87. The van der Waals surface area contributed by atoms with E-state index in [1.807, 2.05) is 6.92 Å². The van der Waals surface area contributed by atoms with Gasteiger partial charge in [-0.3, -0.25) is 9.78 Å². The van der Waals surface area contributed by atoms with Crippen molar-refractivity contribution >= 4 is 11.7 Å². The Morgan fingerprint density at radius 3 is 2.77 bits per heavy atom. The zero-order valence-corrected chi connectivity index (χ0v) is 13.1. The maximum absolute atomic E-state index is 12.0. The van der Waals surface area contributed by atoms with Gasteiger partial charge in [-0.05, 0) is 32.1 Å². The molecule has 0 bridgehead atoms. The summed E-state index contributed by atoms with van der Waals surface area (Å²) in [4.78, 5) is 23.0. The number of carbonyl (C=O) groups is 1. The van der Waals surface area contributed by atoms with Gasteiger partial charge in [-0.15, -0.1) is 0 Å². The molecular formula is C16H24N4O2. The van der Waals surface area contributed by atoms with Crippen molar-refractivity contribution in [3.8, 4) is 0 Å². The van der Waals surface area contributed by atoms with Crippen LogP contribution >= 0.6 is 0 Å². The number of nitrogens with one attached hydrogen (secondary N) is 1. The summed E-state index contributed by atoms with van der Waals surface area (Å²) in [5.41, 5.74) is 0.982. The molecule has 1 amide bonds. The summed E-state index contributed by atoms with van der Waals surface area (Å²) in [7, 11) is 0. The smallest absolute Gasteiger partial charge is 0.225 e. The normalized spacial score (nSPS) is 22.8. The van der Waals surface area contributed by atoms with Crippen LogP contribution in [0.5, 0.6) is 0 Å². The molecule has 6 nitrogen and oxygen atoms in total. The molecule has 0 spiro atoms. The minimum absolute atomic E-state index is 0.0577. The van der Waals surface area contributed by atoms with Gasteiger partial charge >= 0.3 is 0 Å². The van der Waals surface area contributed by atoms with Crippen molar-refractivity contribution in [3.05, 3.63) is 18.1 Å². The number of nitrogens with zero attached hydrogens (tertiary/aromatic N) is 3. The molecular weight excluding hydrogens is 280 g/mol. The largest absolute Gasteiger partial charge is 0.381 e. The molecule has 1 aromatic heterocycles. The van der Waals surface area contributed by atoms with E-state index in [9.17, 15) is 4.79 Å². The van der Waals surface area contributed by atoms with E-state index in [1.165, 1.54) is 0 Å². The highest BCUT2D eigenvalue weighted by Crippen LogP contribution is 2.23. The van der Waals surface area contributed by atoms with Gasteiger partial charge in [0, 0.05) is 38.6 Å². The second kappa shape index (κ2) is 7.05. The van der Waals surface area contributed by atoms with Crippen LogP contribution in [0.2, 0.25) is 0 Å². The molecule has 1 atom stereocenters. The van der Waals surface area contributed by atoms with Crippen molar-refractivity contribution in [2.45, 2.75) is 26.2 Å². The minimum Gasteiger partial charge on any atom is -0.381 e. The molecule has 3 rings (SSSR count). The zero-order chi connectivity index (χ0) is 15.4. The number of hydrogen-bond acceptors (Lipinski definition) is 5. The molecule has 3 heterocycles. The maximum Gasteiger partial charge on any atom is 0.225 e. The van der Waals surface area contributed by atoms with Gasteiger partial charge in [0.15, 0.2) is 0 Å². The van der Waals surface area contributed by atoms with Gasteiger partial charge in [0.05, 0.1) is 18.2 Å². The molecule has 0 aromatic carbocycles. The van der Waals surface area contributed by atoms with Crippen LogP contribution in [-0.4, -0.2) is 48.7 Å². The third kappa shape index (κ3) is 3.55. The van der Waals surface area contributed by atoms with Crippen molar-refractivity contribution in [3.63, 3.8) is 0 Å². The molecule has 1 N–H and O–H groups in total. The second-order valence-corrected chi connectivity index (χ2v) is 6.20. The van der Waals surface area contributed by atoms with Crippen LogP contribution in [0.15, 0.2) is 12.4 Å². The second-order valence-electron chi connectivity index (χ2n) is 6.20. The Bertz CT molecular complexity index is 509. The van der Waals surface area contributed by atoms with Gasteiger partial charge in [-0.25, -0.2) is 4.98 Å². The van der Waals surface area contributed by atoms with Gasteiger partial charge < -0.3 is 15.0 Å². The number of aromatic nitrogens is 2. The summed E-state index contributed by atoms with van der Waals surface area (Å²) in [6.45, 7) is 6.03. The summed E-state index contributed by atoms with van der Waals surface area (Å²) in [6.07, 6.45) is 6.50. The first kappa shape index (κ1) is 15.2.